The van der Waals surface area contributed by atoms with Gasteiger partial charge in [0.1, 0.15) is 0 Å². The molecule has 1 fully saturated rings. The van der Waals surface area contributed by atoms with Gasteiger partial charge in [0.05, 0.1) is 13.7 Å². The minimum absolute atomic E-state index is 0.180. The third kappa shape index (κ3) is 1.62. The van der Waals surface area contributed by atoms with Crippen molar-refractivity contribution in [2.24, 2.45) is 0 Å². The molecule has 9 heavy (non-hydrogen) atoms. The van der Waals surface area contributed by atoms with Crippen molar-refractivity contribution in [3.05, 3.63) is 0 Å². The fourth-order valence-electron chi connectivity index (χ4n) is 0.882. The highest BCUT2D eigenvalue weighted by atomic mass is 16.7. The maximum atomic E-state index is 8.63. The van der Waals surface area contributed by atoms with Crippen LogP contribution in [-0.2, 0) is 4.84 Å². The predicted molar refractivity (Wildman–Crippen MR) is 32.3 cm³/mol. The Labute approximate surface area is 54.3 Å². The quantitative estimate of drug-likeness (QED) is 0.512. The van der Waals surface area contributed by atoms with Gasteiger partial charge in [0, 0.05) is 12.6 Å². The van der Waals surface area contributed by atoms with Crippen molar-refractivity contribution in [2.45, 2.75) is 12.5 Å². The van der Waals surface area contributed by atoms with Gasteiger partial charge in [-0.15, -0.1) is 5.17 Å². The van der Waals surface area contributed by atoms with E-state index in [4.69, 9.17) is 9.94 Å². The number of hydroxylamine groups is 1. The summed E-state index contributed by atoms with van der Waals surface area (Å²) in [5.41, 5.74) is 2.95. The summed E-state index contributed by atoms with van der Waals surface area (Å²) < 4.78 is 0. The van der Waals surface area contributed by atoms with E-state index in [1.807, 2.05) is 0 Å². The fraction of sp³-hybridized carbons (Fsp3) is 1.00. The molecule has 0 spiro atoms. The molecule has 1 heterocycles. The molecule has 0 unspecified atom stereocenters. The van der Waals surface area contributed by atoms with Gasteiger partial charge in [0.2, 0.25) is 0 Å². The van der Waals surface area contributed by atoms with Gasteiger partial charge in [0.15, 0.2) is 0 Å². The minimum atomic E-state index is 0.180. The van der Waals surface area contributed by atoms with Crippen molar-refractivity contribution in [1.82, 2.24) is 10.6 Å². The molecule has 0 saturated carbocycles. The lowest BCUT2D eigenvalue weighted by Crippen LogP contribution is -2.36. The first-order valence-corrected chi connectivity index (χ1v) is 3.05. The summed E-state index contributed by atoms with van der Waals surface area (Å²) in [6, 6.07) is 0.185. The highest BCUT2D eigenvalue weighted by Gasteiger charge is 2.19. The van der Waals surface area contributed by atoms with Crippen LogP contribution in [0, 0.1) is 0 Å². The lowest BCUT2D eigenvalue weighted by atomic mass is 10.3. The van der Waals surface area contributed by atoms with Crippen molar-refractivity contribution < 1.29 is 9.94 Å². The average molecular weight is 132 g/mol. The molecule has 4 heteroatoms. The van der Waals surface area contributed by atoms with E-state index in [1.165, 1.54) is 0 Å². The number of rotatable bonds is 2. The zero-order valence-electron chi connectivity index (χ0n) is 5.50. The summed E-state index contributed by atoms with van der Waals surface area (Å²) in [4.78, 5) is 4.85. The second-order valence-corrected chi connectivity index (χ2v) is 2.08. The standard InChI is InChI=1S/C5H12N2O2/c1-9-7-3-2-5(4-8)6-7/h5-6,8H,2-4H2,1H3/t5-/m0/s1. The normalized spacial score (nSPS) is 29.3. The predicted octanol–water partition coefficient (Wildman–Crippen LogP) is -0.881. The first-order chi connectivity index (χ1) is 4.36. The lowest BCUT2D eigenvalue weighted by molar-refractivity contribution is -0.154. The fourth-order valence-corrected chi connectivity index (χ4v) is 0.882. The van der Waals surface area contributed by atoms with E-state index in [0.29, 0.717) is 0 Å². The summed E-state index contributed by atoms with van der Waals surface area (Å²) in [7, 11) is 1.60. The molecule has 0 aromatic carbocycles. The van der Waals surface area contributed by atoms with E-state index in [2.05, 4.69) is 5.43 Å². The Morgan fingerprint density at radius 1 is 1.89 bits per heavy atom. The van der Waals surface area contributed by atoms with Gasteiger partial charge in [-0.3, -0.25) is 4.84 Å². The SMILES string of the molecule is CON1CC[C@@H](CO)N1. The molecule has 54 valence electrons. The molecule has 1 atom stereocenters. The Balaban J connectivity index is 2.20. The second-order valence-electron chi connectivity index (χ2n) is 2.08. The molecular weight excluding hydrogens is 120 g/mol. The Morgan fingerprint density at radius 3 is 3.00 bits per heavy atom. The van der Waals surface area contributed by atoms with Crippen LogP contribution >= 0.6 is 0 Å². The summed E-state index contributed by atoms with van der Waals surface area (Å²) in [5, 5.41) is 10.3. The molecule has 0 amide bonds. The van der Waals surface area contributed by atoms with Crippen LogP contribution in [0.5, 0.6) is 0 Å². The molecule has 4 nitrogen and oxygen atoms in total. The van der Waals surface area contributed by atoms with E-state index in [0.717, 1.165) is 13.0 Å². The van der Waals surface area contributed by atoms with E-state index in [-0.39, 0.29) is 12.6 Å². The van der Waals surface area contributed by atoms with Gasteiger partial charge in [-0.25, -0.2) is 5.43 Å². The Morgan fingerprint density at radius 2 is 2.67 bits per heavy atom. The molecule has 0 bridgehead atoms. The smallest absolute Gasteiger partial charge is 0.0599 e. The number of aliphatic hydroxyl groups is 1. The van der Waals surface area contributed by atoms with Gasteiger partial charge in [-0.2, -0.15) is 0 Å². The van der Waals surface area contributed by atoms with Crippen molar-refractivity contribution in [2.75, 3.05) is 20.3 Å². The first-order valence-electron chi connectivity index (χ1n) is 3.05. The largest absolute Gasteiger partial charge is 0.395 e. The maximum absolute atomic E-state index is 8.63. The summed E-state index contributed by atoms with van der Waals surface area (Å²) >= 11 is 0. The summed E-state index contributed by atoms with van der Waals surface area (Å²) in [5.74, 6) is 0. The Bertz CT molecular complexity index is 79.0. The van der Waals surface area contributed by atoms with Gasteiger partial charge in [-0.05, 0) is 6.42 Å². The van der Waals surface area contributed by atoms with Crippen LogP contribution in [0.15, 0.2) is 0 Å². The van der Waals surface area contributed by atoms with E-state index < -0.39 is 0 Å². The van der Waals surface area contributed by atoms with Crippen LogP contribution in [0.25, 0.3) is 0 Å². The molecule has 1 saturated heterocycles. The van der Waals surface area contributed by atoms with Crippen LogP contribution in [0.1, 0.15) is 6.42 Å². The van der Waals surface area contributed by atoms with Crippen LogP contribution in [-0.4, -0.2) is 36.6 Å². The van der Waals surface area contributed by atoms with Crippen molar-refractivity contribution >= 4 is 0 Å². The monoisotopic (exact) mass is 132 g/mol. The number of nitrogens with zero attached hydrogens (tertiary/aromatic N) is 1. The second kappa shape index (κ2) is 3.12. The number of nitrogens with one attached hydrogen (secondary N) is 1. The third-order valence-electron chi connectivity index (χ3n) is 1.45. The van der Waals surface area contributed by atoms with Crippen LogP contribution < -0.4 is 5.43 Å². The molecule has 0 radical (unpaired) electrons. The van der Waals surface area contributed by atoms with Crippen LogP contribution in [0.4, 0.5) is 0 Å². The maximum Gasteiger partial charge on any atom is 0.0599 e. The molecule has 1 aliphatic rings. The molecule has 2 N–H and O–H groups in total. The highest BCUT2D eigenvalue weighted by Crippen LogP contribution is 2.03. The molecule has 0 aliphatic carbocycles. The van der Waals surface area contributed by atoms with E-state index in [9.17, 15) is 0 Å². The Kier molecular flexibility index (Phi) is 2.41. The number of hydrazine groups is 1. The number of aliphatic hydroxyl groups excluding tert-OH is 1. The highest BCUT2D eigenvalue weighted by molar-refractivity contribution is 4.69. The van der Waals surface area contributed by atoms with Crippen LogP contribution in [0.2, 0.25) is 0 Å². The summed E-state index contributed by atoms with van der Waals surface area (Å²) in [6.07, 6.45) is 0.949. The van der Waals surface area contributed by atoms with E-state index >= 15 is 0 Å². The van der Waals surface area contributed by atoms with Gasteiger partial charge >= 0.3 is 0 Å². The van der Waals surface area contributed by atoms with Crippen LogP contribution in [0.3, 0.4) is 0 Å². The average Bonchev–Trinajstić information content (AvgIpc) is 2.34. The number of hydrogen-bond acceptors (Lipinski definition) is 4. The molecule has 1 aliphatic heterocycles. The van der Waals surface area contributed by atoms with Crippen molar-refractivity contribution in [3.63, 3.8) is 0 Å². The zero-order valence-corrected chi connectivity index (χ0v) is 5.50. The zero-order chi connectivity index (χ0) is 6.69. The van der Waals surface area contributed by atoms with Gasteiger partial charge in [-0.1, -0.05) is 0 Å². The Hall–Kier alpha value is -0.160. The minimum Gasteiger partial charge on any atom is -0.395 e. The molecular formula is C5H12N2O2. The van der Waals surface area contributed by atoms with Gasteiger partial charge in [0.25, 0.3) is 0 Å². The lowest BCUT2D eigenvalue weighted by Gasteiger charge is -2.12. The molecule has 1 rings (SSSR count). The number of hydrogen-bond donors (Lipinski definition) is 2. The summed E-state index contributed by atoms with van der Waals surface area (Å²) in [6.45, 7) is 1.03. The topological polar surface area (TPSA) is 44.7 Å². The van der Waals surface area contributed by atoms with Crippen molar-refractivity contribution in [1.29, 1.82) is 0 Å². The first kappa shape index (κ1) is 6.95. The molecule has 0 aromatic rings. The van der Waals surface area contributed by atoms with Gasteiger partial charge < -0.3 is 5.11 Å². The van der Waals surface area contributed by atoms with E-state index in [1.54, 1.807) is 12.3 Å². The van der Waals surface area contributed by atoms with Crippen molar-refractivity contribution in [3.8, 4) is 0 Å². The third-order valence-corrected chi connectivity index (χ3v) is 1.45. The molecule has 0 aromatic heterocycles.